The molecule has 3 heterocycles. The fourth-order valence-corrected chi connectivity index (χ4v) is 8.02. The number of nitrogens with one attached hydrogen (secondary N) is 1. The minimum atomic E-state index is 0.114. The first-order chi connectivity index (χ1) is 17.7. The Kier molecular flexibility index (Phi) is 5.21. The lowest BCUT2D eigenvalue weighted by Gasteiger charge is -2.38. The molecule has 36 heavy (non-hydrogen) atoms. The first-order valence-electron chi connectivity index (χ1n) is 13.0. The number of benzene rings is 3. The van der Waals surface area contributed by atoms with E-state index in [2.05, 4.69) is 125 Å². The van der Waals surface area contributed by atoms with Gasteiger partial charge in [0, 0.05) is 22.9 Å². The van der Waals surface area contributed by atoms with Gasteiger partial charge < -0.3 is 10.2 Å². The second-order valence-corrected chi connectivity index (χ2v) is 11.5. The second-order valence-electron chi connectivity index (χ2n) is 10.1. The van der Waals surface area contributed by atoms with Gasteiger partial charge in [0.15, 0.2) is 0 Å². The Hall–Kier alpha value is -3.44. The summed E-state index contributed by atoms with van der Waals surface area (Å²) in [6, 6.07) is 32.5. The van der Waals surface area contributed by atoms with Crippen LogP contribution in [0.3, 0.4) is 0 Å². The molecule has 1 fully saturated rings. The van der Waals surface area contributed by atoms with E-state index in [1.807, 2.05) is 0 Å². The monoisotopic (exact) mass is 490 g/mol. The summed E-state index contributed by atoms with van der Waals surface area (Å²) in [6.45, 7) is 3.07. The molecule has 1 saturated carbocycles. The minimum Gasteiger partial charge on any atom is -0.338 e. The molecule has 1 aromatic heterocycles. The number of fused-ring (bicyclic) bond motifs is 1. The summed E-state index contributed by atoms with van der Waals surface area (Å²) in [5, 5.41) is 9.02. The fraction of sp³-hybridized carbons (Fsp3) is 0.258. The first-order valence-corrected chi connectivity index (χ1v) is 13.8. The average Bonchev–Trinajstić information content (AvgIpc) is 3.61. The molecule has 0 radical (unpaired) electrons. The van der Waals surface area contributed by atoms with Gasteiger partial charge in [-0.1, -0.05) is 103 Å². The molecule has 1 unspecified atom stereocenters. The predicted octanol–water partition coefficient (Wildman–Crippen LogP) is 7.43. The molecule has 180 valence electrons. The lowest BCUT2D eigenvalue weighted by atomic mass is 9.88. The highest BCUT2D eigenvalue weighted by atomic mass is 32.2. The third-order valence-corrected chi connectivity index (χ3v) is 9.55. The number of anilines is 1. The van der Waals surface area contributed by atoms with Gasteiger partial charge in [-0.3, -0.25) is 0 Å². The van der Waals surface area contributed by atoms with Gasteiger partial charge in [0.25, 0.3) is 0 Å². The van der Waals surface area contributed by atoms with E-state index in [9.17, 15) is 0 Å². The number of allylic oxidation sites excluding steroid dienone is 1. The van der Waals surface area contributed by atoms with Gasteiger partial charge in [-0.2, -0.15) is 5.10 Å². The lowest BCUT2D eigenvalue weighted by molar-refractivity contribution is 0.224. The third-order valence-electron chi connectivity index (χ3n) is 7.89. The number of hydrogen-bond donors (Lipinski definition) is 1. The van der Waals surface area contributed by atoms with E-state index in [0.717, 1.165) is 23.7 Å². The highest BCUT2D eigenvalue weighted by molar-refractivity contribution is 8.04. The summed E-state index contributed by atoms with van der Waals surface area (Å²) in [6.07, 6.45) is 5.03. The van der Waals surface area contributed by atoms with E-state index in [-0.39, 0.29) is 10.8 Å². The van der Waals surface area contributed by atoms with Crippen molar-refractivity contribution in [3.05, 3.63) is 124 Å². The molecular weight excluding hydrogens is 460 g/mol. The van der Waals surface area contributed by atoms with Gasteiger partial charge in [-0.05, 0) is 43.0 Å². The van der Waals surface area contributed by atoms with Crippen LogP contribution < -0.4 is 5.32 Å². The van der Waals surface area contributed by atoms with Gasteiger partial charge in [-0.15, -0.1) is 0 Å². The molecule has 0 amide bonds. The Morgan fingerprint density at radius 3 is 2.22 bits per heavy atom. The summed E-state index contributed by atoms with van der Waals surface area (Å²) in [5.41, 5.74) is 6.16. The second kappa shape index (κ2) is 8.59. The first kappa shape index (κ1) is 21.8. The molecule has 3 aliphatic rings. The van der Waals surface area contributed by atoms with Crippen LogP contribution >= 0.6 is 11.8 Å². The number of hydrogen-bond acceptors (Lipinski definition) is 4. The summed E-state index contributed by atoms with van der Waals surface area (Å²) in [5.74, 6) is 2.54. The van der Waals surface area contributed by atoms with E-state index in [1.54, 1.807) is 0 Å². The minimum absolute atomic E-state index is 0.114. The van der Waals surface area contributed by atoms with Crippen LogP contribution in [0.4, 0.5) is 5.82 Å². The van der Waals surface area contributed by atoms with E-state index in [1.165, 1.54) is 53.1 Å². The van der Waals surface area contributed by atoms with Crippen molar-refractivity contribution in [2.24, 2.45) is 0 Å². The molecular formula is C31H30N4S. The normalized spacial score (nSPS) is 19.9. The molecule has 2 aliphatic heterocycles. The lowest BCUT2D eigenvalue weighted by Crippen LogP contribution is -2.41. The number of aromatic nitrogens is 2. The van der Waals surface area contributed by atoms with E-state index >= 15 is 0 Å². The molecule has 1 N–H and O–H groups in total. The molecule has 1 spiro atoms. The molecule has 0 saturated heterocycles. The predicted molar refractivity (Wildman–Crippen MR) is 148 cm³/mol. The topological polar surface area (TPSA) is 33.1 Å². The third kappa shape index (κ3) is 3.40. The molecule has 5 heteroatoms. The van der Waals surface area contributed by atoms with Crippen LogP contribution in [0.25, 0.3) is 5.69 Å². The Morgan fingerprint density at radius 2 is 1.53 bits per heavy atom. The van der Waals surface area contributed by atoms with Gasteiger partial charge in [0.2, 0.25) is 0 Å². The van der Waals surface area contributed by atoms with Crippen molar-refractivity contribution >= 4 is 17.6 Å². The van der Waals surface area contributed by atoms with E-state index in [0.29, 0.717) is 0 Å². The van der Waals surface area contributed by atoms with Gasteiger partial charge in [0.05, 0.1) is 16.3 Å². The number of para-hydroxylation sites is 1. The zero-order chi connectivity index (χ0) is 24.1. The van der Waals surface area contributed by atoms with Gasteiger partial charge in [-0.25, -0.2) is 4.68 Å². The summed E-state index contributed by atoms with van der Waals surface area (Å²) in [7, 11) is 0. The Labute approximate surface area is 217 Å². The Morgan fingerprint density at radius 1 is 0.889 bits per heavy atom. The van der Waals surface area contributed by atoms with Crippen LogP contribution in [0, 0.1) is 6.92 Å². The fourth-order valence-electron chi connectivity index (χ4n) is 6.23. The SMILES string of the molecule is Cc1nn(-c2ccccc2)c2c1C(c1ccccc1)C1=C(N2)N(Cc2ccccc2)C2(CCCC2)S1. The summed E-state index contributed by atoms with van der Waals surface area (Å²) in [4.78, 5) is 4.25. The molecule has 1 aliphatic carbocycles. The Balaban J connectivity index is 1.42. The zero-order valence-corrected chi connectivity index (χ0v) is 21.3. The largest absolute Gasteiger partial charge is 0.338 e. The van der Waals surface area contributed by atoms with Gasteiger partial charge in [0.1, 0.15) is 11.6 Å². The molecule has 4 nitrogen and oxygen atoms in total. The van der Waals surface area contributed by atoms with Crippen LogP contribution in [0.15, 0.2) is 102 Å². The smallest absolute Gasteiger partial charge is 0.139 e. The number of aryl methyl sites for hydroxylation is 1. The maximum Gasteiger partial charge on any atom is 0.139 e. The maximum absolute atomic E-state index is 5.06. The molecule has 3 aromatic carbocycles. The van der Waals surface area contributed by atoms with Crippen LogP contribution in [0.5, 0.6) is 0 Å². The molecule has 7 rings (SSSR count). The van der Waals surface area contributed by atoms with Crippen molar-refractivity contribution in [2.45, 2.75) is 49.9 Å². The van der Waals surface area contributed by atoms with Crippen molar-refractivity contribution in [1.82, 2.24) is 14.7 Å². The van der Waals surface area contributed by atoms with Crippen LogP contribution in [-0.4, -0.2) is 19.6 Å². The van der Waals surface area contributed by atoms with Crippen LogP contribution in [0.1, 0.15) is 54.0 Å². The quantitative estimate of drug-likeness (QED) is 0.323. The standard InChI is InChI=1S/C31H30N4S/c1-22-26-27(24-15-7-3-8-16-24)28-30(32-29(26)35(33-22)25-17-9-4-10-18-25)34(21-23-13-5-2-6-14-23)31(36-28)19-11-12-20-31/h2-10,13-18,27,32H,11-12,19-21H2,1H3. The number of rotatable bonds is 4. The van der Waals surface area contributed by atoms with Crippen molar-refractivity contribution in [1.29, 1.82) is 0 Å². The average molecular weight is 491 g/mol. The highest BCUT2D eigenvalue weighted by Gasteiger charge is 2.52. The van der Waals surface area contributed by atoms with Crippen molar-refractivity contribution in [3.63, 3.8) is 0 Å². The van der Waals surface area contributed by atoms with Gasteiger partial charge >= 0.3 is 0 Å². The molecule has 4 aromatic rings. The van der Waals surface area contributed by atoms with Crippen LogP contribution in [0.2, 0.25) is 0 Å². The molecule has 0 bridgehead atoms. The number of nitrogens with zero attached hydrogens (tertiary/aromatic N) is 3. The van der Waals surface area contributed by atoms with Crippen molar-refractivity contribution < 1.29 is 0 Å². The maximum atomic E-state index is 5.06. The van der Waals surface area contributed by atoms with Crippen molar-refractivity contribution in [3.8, 4) is 5.69 Å². The molecule has 1 atom stereocenters. The summed E-state index contributed by atoms with van der Waals surface area (Å²) >= 11 is 2.12. The summed E-state index contributed by atoms with van der Waals surface area (Å²) < 4.78 is 2.11. The number of thioether (sulfide) groups is 1. The van der Waals surface area contributed by atoms with E-state index < -0.39 is 0 Å². The van der Waals surface area contributed by atoms with Crippen LogP contribution in [-0.2, 0) is 6.54 Å². The highest BCUT2D eigenvalue weighted by Crippen LogP contribution is 2.62. The zero-order valence-electron chi connectivity index (χ0n) is 20.5. The van der Waals surface area contributed by atoms with Crippen molar-refractivity contribution in [2.75, 3.05) is 5.32 Å². The Bertz CT molecular complexity index is 1420. The van der Waals surface area contributed by atoms with E-state index in [4.69, 9.17) is 5.10 Å².